The van der Waals surface area contributed by atoms with Crippen LogP contribution in [-0.2, 0) is 22.9 Å². The zero-order valence-corrected chi connectivity index (χ0v) is 20.3. The molecule has 0 atom stereocenters. The van der Waals surface area contributed by atoms with Crippen LogP contribution in [0.15, 0.2) is 58.8 Å². The number of anilines is 1. The number of ether oxygens (including phenoxy) is 1. The Hall–Kier alpha value is -2.97. The standard InChI is InChI=1S/C25H25NO5S2/c1-25(2)13-19-21(20(27)14-25)24(33(3,29)30)32-22(19)23(28)26-17-9-11-18(12-10-17)31-15-16-7-5-4-6-8-16/h4-12H,13-15H2,1-3H3,(H,26,28). The molecule has 1 aromatic heterocycles. The highest BCUT2D eigenvalue weighted by Gasteiger charge is 2.39. The van der Waals surface area contributed by atoms with E-state index in [9.17, 15) is 18.0 Å². The van der Waals surface area contributed by atoms with Crippen LogP contribution in [0.4, 0.5) is 5.69 Å². The highest BCUT2D eigenvalue weighted by atomic mass is 32.2. The van der Waals surface area contributed by atoms with E-state index in [-0.39, 0.29) is 32.3 Å². The Morgan fingerprint density at radius 3 is 2.36 bits per heavy atom. The molecule has 0 aliphatic heterocycles. The monoisotopic (exact) mass is 483 g/mol. The van der Waals surface area contributed by atoms with Crippen molar-refractivity contribution in [3.8, 4) is 5.75 Å². The van der Waals surface area contributed by atoms with Crippen LogP contribution >= 0.6 is 11.3 Å². The largest absolute Gasteiger partial charge is 0.489 e. The minimum Gasteiger partial charge on any atom is -0.489 e. The average Bonchev–Trinajstić information content (AvgIpc) is 3.13. The second kappa shape index (κ2) is 8.76. The van der Waals surface area contributed by atoms with Gasteiger partial charge in [-0.05, 0) is 47.2 Å². The molecular weight excluding hydrogens is 458 g/mol. The third-order valence-electron chi connectivity index (χ3n) is 5.45. The van der Waals surface area contributed by atoms with Crippen molar-refractivity contribution in [1.82, 2.24) is 0 Å². The van der Waals surface area contributed by atoms with Gasteiger partial charge in [0.2, 0.25) is 0 Å². The van der Waals surface area contributed by atoms with Crippen molar-refractivity contribution in [3.63, 3.8) is 0 Å². The number of thiophene rings is 1. The number of hydrogen-bond acceptors (Lipinski definition) is 6. The van der Waals surface area contributed by atoms with Gasteiger partial charge >= 0.3 is 0 Å². The van der Waals surface area contributed by atoms with Crippen LogP contribution in [0.1, 0.15) is 51.4 Å². The third-order valence-corrected chi connectivity index (χ3v) is 8.51. The van der Waals surface area contributed by atoms with Crippen LogP contribution in [-0.4, -0.2) is 26.4 Å². The zero-order valence-electron chi connectivity index (χ0n) is 18.7. The number of hydrogen-bond donors (Lipinski definition) is 1. The molecule has 0 radical (unpaired) electrons. The summed E-state index contributed by atoms with van der Waals surface area (Å²) in [5, 5.41) is 2.83. The molecule has 33 heavy (non-hydrogen) atoms. The maximum atomic E-state index is 13.1. The van der Waals surface area contributed by atoms with E-state index in [0.717, 1.165) is 23.2 Å². The molecule has 172 valence electrons. The number of fused-ring (bicyclic) bond motifs is 1. The fraction of sp³-hybridized carbons (Fsp3) is 0.280. The second-order valence-electron chi connectivity index (χ2n) is 9.04. The van der Waals surface area contributed by atoms with Gasteiger partial charge in [-0.25, -0.2) is 8.42 Å². The molecular formula is C25H25NO5S2. The first kappa shape index (κ1) is 23.2. The molecule has 0 bridgehead atoms. The summed E-state index contributed by atoms with van der Waals surface area (Å²) in [6.07, 6.45) is 1.79. The van der Waals surface area contributed by atoms with Gasteiger partial charge < -0.3 is 10.1 Å². The summed E-state index contributed by atoms with van der Waals surface area (Å²) < 4.78 is 30.4. The summed E-state index contributed by atoms with van der Waals surface area (Å²) in [4.78, 5) is 26.1. The molecule has 0 saturated heterocycles. The Kier molecular flexibility index (Phi) is 6.16. The lowest BCUT2D eigenvalue weighted by Gasteiger charge is -2.29. The first-order valence-corrected chi connectivity index (χ1v) is 13.2. The van der Waals surface area contributed by atoms with E-state index >= 15 is 0 Å². The quantitative estimate of drug-likeness (QED) is 0.524. The molecule has 1 aliphatic rings. The van der Waals surface area contributed by atoms with Gasteiger partial charge in [-0.2, -0.15) is 0 Å². The number of amides is 1. The molecule has 0 unspecified atom stereocenters. The molecule has 1 heterocycles. The molecule has 3 aromatic rings. The van der Waals surface area contributed by atoms with Gasteiger partial charge in [0.15, 0.2) is 15.6 Å². The Morgan fingerprint density at radius 2 is 1.73 bits per heavy atom. The van der Waals surface area contributed by atoms with Gasteiger partial charge in [0.25, 0.3) is 5.91 Å². The Bertz CT molecular complexity index is 1310. The van der Waals surface area contributed by atoms with Crippen molar-refractivity contribution in [2.45, 2.75) is 37.5 Å². The van der Waals surface area contributed by atoms with Gasteiger partial charge in [0, 0.05) is 18.4 Å². The highest BCUT2D eigenvalue weighted by Crippen LogP contribution is 2.43. The normalized spacial score (nSPS) is 15.1. The Labute approximate surface area is 197 Å². The molecule has 1 amide bonds. The topological polar surface area (TPSA) is 89.5 Å². The summed E-state index contributed by atoms with van der Waals surface area (Å²) in [5.74, 6) is 0.0172. The molecule has 8 heteroatoms. The van der Waals surface area contributed by atoms with E-state index in [1.165, 1.54) is 0 Å². The summed E-state index contributed by atoms with van der Waals surface area (Å²) in [5.41, 5.74) is 1.99. The fourth-order valence-corrected chi connectivity index (χ4v) is 6.39. The first-order valence-electron chi connectivity index (χ1n) is 10.5. The van der Waals surface area contributed by atoms with Crippen molar-refractivity contribution in [1.29, 1.82) is 0 Å². The van der Waals surface area contributed by atoms with E-state index in [1.54, 1.807) is 24.3 Å². The maximum Gasteiger partial charge on any atom is 0.266 e. The lowest BCUT2D eigenvalue weighted by Crippen LogP contribution is -2.28. The Balaban J connectivity index is 1.55. The van der Waals surface area contributed by atoms with Crippen LogP contribution in [0.25, 0.3) is 0 Å². The van der Waals surface area contributed by atoms with Crippen LogP contribution < -0.4 is 10.1 Å². The van der Waals surface area contributed by atoms with Crippen LogP contribution in [0.3, 0.4) is 0 Å². The summed E-state index contributed by atoms with van der Waals surface area (Å²) in [6.45, 7) is 4.33. The summed E-state index contributed by atoms with van der Waals surface area (Å²) in [6, 6.07) is 16.8. The summed E-state index contributed by atoms with van der Waals surface area (Å²) >= 11 is 0.877. The highest BCUT2D eigenvalue weighted by molar-refractivity contribution is 7.92. The smallest absolute Gasteiger partial charge is 0.266 e. The van der Waals surface area contributed by atoms with Crippen molar-refractivity contribution in [2.24, 2.45) is 5.41 Å². The van der Waals surface area contributed by atoms with E-state index < -0.39 is 15.7 Å². The number of benzene rings is 2. The number of sulfone groups is 1. The first-order chi connectivity index (χ1) is 15.5. The fourth-order valence-electron chi connectivity index (χ4n) is 3.96. The van der Waals surface area contributed by atoms with Crippen molar-refractivity contribution in [2.75, 3.05) is 11.6 Å². The van der Waals surface area contributed by atoms with Crippen LogP contribution in [0, 0.1) is 5.41 Å². The predicted molar refractivity (Wildman–Crippen MR) is 129 cm³/mol. The number of ketones is 1. The molecule has 0 spiro atoms. The molecule has 6 nitrogen and oxygen atoms in total. The molecule has 2 aromatic carbocycles. The molecule has 4 rings (SSSR count). The summed E-state index contributed by atoms with van der Waals surface area (Å²) in [7, 11) is -3.63. The van der Waals surface area contributed by atoms with Crippen molar-refractivity contribution >= 4 is 38.6 Å². The molecule has 0 saturated carbocycles. The number of Topliss-reactive ketones (excluding diaryl/α,β-unsaturated/α-hetero) is 1. The van der Waals surface area contributed by atoms with Gasteiger partial charge in [-0.15, -0.1) is 11.3 Å². The zero-order chi connectivity index (χ0) is 23.8. The SMILES string of the molecule is CC1(C)CC(=O)c2c(S(C)(=O)=O)sc(C(=O)Nc3ccc(OCc4ccccc4)cc3)c2C1. The number of nitrogens with one attached hydrogen (secondary N) is 1. The van der Waals surface area contributed by atoms with Gasteiger partial charge in [-0.1, -0.05) is 44.2 Å². The van der Waals surface area contributed by atoms with Crippen molar-refractivity contribution in [3.05, 3.63) is 76.2 Å². The van der Waals surface area contributed by atoms with Crippen LogP contribution in [0.2, 0.25) is 0 Å². The van der Waals surface area contributed by atoms with E-state index in [4.69, 9.17) is 4.74 Å². The van der Waals surface area contributed by atoms with E-state index in [1.807, 2.05) is 44.2 Å². The van der Waals surface area contributed by atoms with E-state index in [0.29, 0.717) is 30.0 Å². The van der Waals surface area contributed by atoms with Gasteiger partial charge in [0.1, 0.15) is 16.6 Å². The minimum absolute atomic E-state index is 0.0205. The van der Waals surface area contributed by atoms with Gasteiger partial charge in [0.05, 0.1) is 10.4 Å². The van der Waals surface area contributed by atoms with E-state index in [2.05, 4.69) is 5.32 Å². The lowest BCUT2D eigenvalue weighted by molar-refractivity contribution is 0.0909. The van der Waals surface area contributed by atoms with Crippen LogP contribution in [0.5, 0.6) is 5.75 Å². The number of carbonyl (C=O) groups excluding carboxylic acids is 2. The molecule has 0 fully saturated rings. The minimum atomic E-state index is -3.63. The Morgan fingerprint density at radius 1 is 1.06 bits per heavy atom. The third kappa shape index (κ3) is 5.17. The maximum absolute atomic E-state index is 13.1. The van der Waals surface area contributed by atoms with Crippen molar-refractivity contribution < 1.29 is 22.7 Å². The van der Waals surface area contributed by atoms with Gasteiger partial charge in [-0.3, -0.25) is 9.59 Å². The molecule has 1 N–H and O–H groups in total. The molecule has 1 aliphatic carbocycles. The number of carbonyl (C=O) groups is 2. The second-order valence-corrected chi connectivity index (χ2v) is 12.3. The lowest BCUT2D eigenvalue weighted by atomic mass is 9.74. The number of rotatable bonds is 6. The predicted octanol–water partition coefficient (Wildman–Crippen LogP) is 5.14. The average molecular weight is 484 g/mol.